The summed E-state index contributed by atoms with van der Waals surface area (Å²) in [6, 6.07) is 8.03. The van der Waals surface area contributed by atoms with Crippen LogP contribution in [0.2, 0.25) is 0 Å². The van der Waals surface area contributed by atoms with Crippen molar-refractivity contribution >= 4 is 5.91 Å². The first-order valence-corrected chi connectivity index (χ1v) is 6.16. The van der Waals surface area contributed by atoms with Gasteiger partial charge in [0.05, 0.1) is 12.5 Å². The maximum absolute atomic E-state index is 12.0. The van der Waals surface area contributed by atoms with E-state index in [1.54, 1.807) is 4.90 Å². The van der Waals surface area contributed by atoms with Crippen molar-refractivity contribution < 1.29 is 9.90 Å². The Hall–Kier alpha value is -1.35. The van der Waals surface area contributed by atoms with E-state index in [4.69, 9.17) is 0 Å². The number of piperidine rings is 1. The molecule has 1 aliphatic heterocycles. The van der Waals surface area contributed by atoms with Gasteiger partial charge >= 0.3 is 0 Å². The van der Waals surface area contributed by atoms with Crippen LogP contribution in [0.4, 0.5) is 0 Å². The number of aliphatic hydroxyl groups excluding tert-OH is 1. The third kappa shape index (κ3) is 3.30. The van der Waals surface area contributed by atoms with Crippen molar-refractivity contribution in [2.75, 3.05) is 13.1 Å². The molecule has 0 aliphatic carbocycles. The Morgan fingerprint density at radius 3 is 2.76 bits per heavy atom. The summed E-state index contributed by atoms with van der Waals surface area (Å²) in [6.07, 6.45) is 1.81. The summed E-state index contributed by atoms with van der Waals surface area (Å²) in [5.41, 5.74) is 2.25. The molecular weight excluding hydrogens is 214 g/mol. The first-order chi connectivity index (χ1) is 8.15. The van der Waals surface area contributed by atoms with Crippen molar-refractivity contribution in [3.63, 3.8) is 0 Å². The fourth-order valence-corrected chi connectivity index (χ4v) is 2.17. The summed E-state index contributed by atoms with van der Waals surface area (Å²) in [6.45, 7) is 3.30. The smallest absolute Gasteiger partial charge is 0.227 e. The van der Waals surface area contributed by atoms with Gasteiger partial charge in [0.25, 0.3) is 0 Å². The molecule has 1 fully saturated rings. The third-order valence-corrected chi connectivity index (χ3v) is 3.23. The normalized spacial score (nSPS) is 20.4. The Balaban J connectivity index is 1.94. The summed E-state index contributed by atoms with van der Waals surface area (Å²) in [5.74, 6) is 0.118. The van der Waals surface area contributed by atoms with Crippen molar-refractivity contribution in [1.82, 2.24) is 4.90 Å². The molecule has 1 amide bonds. The molecule has 3 nitrogen and oxygen atoms in total. The van der Waals surface area contributed by atoms with Crippen molar-refractivity contribution in [1.29, 1.82) is 0 Å². The highest BCUT2D eigenvalue weighted by Crippen LogP contribution is 2.12. The van der Waals surface area contributed by atoms with Crippen LogP contribution in [0.5, 0.6) is 0 Å². The van der Waals surface area contributed by atoms with Gasteiger partial charge in [0.2, 0.25) is 5.91 Å². The molecule has 0 unspecified atom stereocenters. The van der Waals surface area contributed by atoms with E-state index >= 15 is 0 Å². The lowest BCUT2D eigenvalue weighted by Gasteiger charge is -2.30. The maximum atomic E-state index is 12.0. The minimum Gasteiger partial charge on any atom is -0.391 e. The van der Waals surface area contributed by atoms with Crippen molar-refractivity contribution in [2.24, 2.45) is 0 Å². The fraction of sp³-hybridized carbons (Fsp3) is 0.500. The van der Waals surface area contributed by atoms with Gasteiger partial charge in [0.15, 0.2) is 0 Å². The second kappa shape index (κ2) is 5.32. The molecule has 3 heteroatoms. The quantitative estimate of drug-likeness (QED) is 0.841. The average molecular weight is 233 g/mol. The minimum atomic E-state index is -0.342. The molecule has 1 aliphatic rings. The molecule has 0 aromatic heterocycles. The number of amides is 1. The minimum absolute atomic E-state index is 0.118. The Morgan fingerprint density at radius 2 is 2.12 bits per heavy atom. The van der Waals surface area contributed by atoms with Crippen LogP contribution in [-0.2, 0) is 11.2 Å². The maximum Gasteiger partial charge on any atom is 0.227 e. The van der Waals surface area contributed by atoms with Gasteiger partial charge in [-0.05, 0) is 25.3 Å². The molecule has 2 rings (SSSR count). The number of nitrogens with zero attached hydrogens (tertiary/aromatic N) is 1. The van der Waals surface area contributed by atoms with Gasteiger partial charge in [-0.2, -0.15) is 0 Å². The average Bonchev–Trinajstić information content (AvgIpc) is 2.32. The lowest BCUT2D eigenvalue weighted by molar-refractivity contribution is -0.133. The number of hydrogen-bond donors (Lipinski definition) is 1. The van der Waals surface area contributed by atoms with Gasteiger partial charge in [0.1, 0.15) is 0 Å². The second-order valence-electron chi connectivity index (χ2n) is 4.80. The van der Waals surface area contributed by atoms with Crippen LogP contribution < -0.4 is 0 Å². The highest BCUT2D eigenvalue weighted by atomic mass is 16.3. The van der Waals surface area contributed by atoms with Crippen LogP contribution in [-0.4, -0.2) is 35.1 Å². The Labute approximate surface area is 102 Å². The molecule has 0 spiro atoms. The molecular formula is C14H19NO2. The standard InChI is InChI=1S/C14H19NO2/c1-11-4-6-12(7-5-11)9-14(17)15-8-2-3-13(16)10-15/h4-7,13,16H,2-3,8-10H2,1H3/t13-/m1/s1. The van der Waals surface area contributed by atoms with Crippen molar-refractivity contribution in [3.05, 3.63) is 35.4 Å². The number of β-amino-alcohol motifs (C(OH)–C–C–N with tert-alkyl or cyclic N) is 1. The fourth-order valence-electron chi connectivity index (χ4n) is 2.17. The molecule has 92 valence electrons. The SMILES string of the molecule is Cc1ccc(CC(=O)N2CCC[C@@H](O)C2)cc1. The van der Waals surface area contributed by atoms with Gasteiger partial charge < -0.3 is 10.0 Å². The zero-order valence-electron chi connectivity index (χ0n) is 10.2. The number of hydrogen-bond acceptors (Lipinski definition) is 2. The molecule has 1 heterocycles. The summed E-state index contributed by atoms with van der Waals surface area (Å²) < 4.78 is 0. The third-order valence-electron chi connectivity index (χ3n) is 3.23. The number of benzene rings is 1. The predicted molar refractivity (Wildman–Crippen MR) is 66.7 cm³/mol. The zero-order chi connectivity index (χ0) is 12.3. The number of carbonyl (C=O) groups is 1. The first kappa shape index (κ1) is 12.1. The van der Waals surface area contributed by atoms with Gasteiger partial charge in [-0.25, -0.2) is 0 Å². The topological polar surface area (TPSA) is 40.5 Å². The van der Waals surface area contributed by atoms with Gasteiger partial charge in [-0.3, -0.25) is 4.79 Å². The van der Waals surface area contributed by atoms with Crippen molar-refractivity contribution in [3.8, 4) is 0 Å². The Bertz CT molecular complexity index is 386. The molecule has 0 bridgehead atoms. The monoisotopic (exact) mass is 233 g/mol. The lowest BCUT2D eigenvalue weighted by atomic mass is 10.1. The highest BCUT2D eigenvalue weighted by Gasteiger charge is 2.21. The van der Waals surface area contributed by atoms with Crippen LogP contribution in [0.15, 0.2) is 24.3 Å². The number of aliphatic hydroxyl groups is 1. The summed E-state index contributed by atoms with van der Waals surface area (Å²) in [7, 11) is 0. The molecule has 1 saturated heterocycles. The van der Waals surface area contributed by atoms with Crippen LogP contribution in [0.3, 0.4) is 0 Å². The van der Waals surface area contributed by atoms with E-state index in [9.17, 15) is 9.90 Å². The first-order valence-electron chi connectivity index (χ1n) is 6.16. The number of carbonyl (C=O) groups excluding carboxylic acids is 1. The van der Waals surface area contributed by atoms with Crippen LogP contribution in [0.25, 0.3) is 0 Å². The largest absolute Gasteiger partial charge is 0.391 e. The van der Waals surface area contributed by atoms with Gasteiger partial charge in [0, 0.05) is 13.1 Å². The van der Waals surface area contributed by atoms with E-state index in [-0.39, 0.29) is 12.0 Å². The number of rotatable bonds is 2. The molecule has 0 saturated carbocycles. The van der Waals surface area contributed by atoms with E-state index in [1.807, 2.05) is 31.2 Å². The number of aryl methyl sites for hydroxylation is 1. The van der Waals surface area contributed by atoms with Crippen molar-refractivity contribution in [2.45, 2.75) is 32.3 Å². The summed E-state index contributed by atoms with van der Waals surface area (Å²) >= 11 is 0. The predicted octanol–water partition coefficient (Wildman–Crippen LogP) is 1.52. The second-order valence-corrected chi connectivity index (χ2v) is 4.80. The summed E-state index contributed by atoms with van der Waals surface area (Å²) in [4.78, 5) is 13.8. The van der Waals surface area contributed by atoms with Gasteiger partial charge in [-0.15, -0.1) is 0 Å². The molecule has 17 heavy (non-hydrogen) atoms. The molecule has 1 aromatic rings. The molecule has 1 atom stereocenters. The summed E-state index contributed by atoms with van der Waals surface area (Å²) in [5, 5.41) is 9.54. The Kier molecular flexibility index (Phi) is 3.79. The van der Waals surface area contributed by atoms with Crippen LogP contribution >= 0.6 is 0 Å². The molecule has 0 radical (unpaired) electrons. The van der Waals surface area contributed by atoms with Gasteiger partial charge in [-0.1, -0.05) is 29.8 Å². The van der Waals surface area contributed by atoms with E-state index in [1.165, 1.54) is 5.56 Å². The Morgan fingerprint density at radius 1 is 1.41 bits per heavy atom. The van der Waals surface area contributed by atoms with E-state index in [2.05, 4.69) is 0 Å². The van der Waals surface area contributed by atoms with E-state index < -0.39 is 0 Å². The van der Waals surface area contributed by atoms with E-state index in [0.717, 1.165) is 24.9 Å². The molecule has 1 aromatic carbocycles. The zero-order valence-corrected chi connectivity index (χ0v) is 10.2. The lowest BCUT2D eigenvalue weighted by Crippen LogP contribution is -2.42. The van der Waals surface area contributed by atoms with Crippen LogP contribution in [0, 0.1) is 6.92 Å². The van der Waals surface area contributed by atoms with E-state index in [0.29, 0.717) is 13.0 Å². The van der Waals surface area contributed by atoms with Crippen LogP contribution in [0.1, 0.15) is 24.0 Å². The highest BCUT2D eigenvalue weighted by molar-refractivity contribution is 5.78. The molecule has 1 N–H and O–H groups in total. The number of likely N-dealkylation sites (tertiary alicyclic amines) is 1.